The first-order valence-corrected chi connectivity index (χ1v) is 13.6. The van der Waals surface area contributed by atoms with Crippen LogP contribution in [0.5, 0.6) is 0 Å². The number of furan rings is 1. The van der Waals surface area contributed by atoms with Crippen molar-refractivity contribution in [3.05, 3.63) is 110 Å². The van der Waals surface area contributed by atoms with Crippen molar-refractivity contribution in [2.45, 2.75) is 4.90 Å². The molecule has 0 radical (unpaired) electrons. The first-order chi connectivity index (χ1) is 19.9. The summed E-state index contributed by atoms with van der Waals surface area (Å²) >= 11 is 5.83. The molecule has 0 aliphatic heterocycles. The number of nitro benzene ring substituents is 2. The Bertz CT molecular complexity index is 1710. The van der Waals surface area contributed by atoms with E-state index in [0.717, 1.165) is 18.5 Å². The van der Waals surface area contributed by atoms with Crippen molar-refractivity contribution in [3.8, 4) is 11.3 Å². The van der Waals surface area contributed by atoms with Crippen LogP contribution in [0.1, 0.15) is 5.76 Å². The molecule has 1 aromatic heterocycles. The fourth-order valence-corrected chi connectivity index (χ4v) is 4.52. The van der Waals surface area contributed by atoms with Crippen molar-refractivity contribution >= 4 is 57.0 Å². The lowest BCUT2D eigenvalue weighted by molar-refractivity contribution is -0.385. The van der Waals surface area contributed by atoms with E-state index in [0.29, 0.717) is 22.1 Å². The van der Waals surface area contributed by atoms with E-state index in [9.17, 15) is 33.4 Å². The van der Waals surface area contributed by atoms with E-state index in [1.165, 1.54) is 65.7 Å². The maximum absolute atomic E-state index is 13.0. The van der Waals surface area contributed by atoms with Crippen molar-refractivity contribution in [2.75, 3.05) is 24.2 Å². The van der Waals surface area contributed by atoms with Gasteiger partial charge in [0.25, 0.3) is 21.4 Å². The van der Waals surface area contributed by atoms with E-state index in [4.69, 9.17) is 16.0 Å². The summed E-state index contributed by atoms with van der Waals surface area (Å²) in [5.41, 5.74) is 2.88. The molecule has 0 aliphatic rings. The molecule has 3 aromatic carbocycles. The fraction of sp³-hybridized carbons (Fsp3) is 0.0769. The molecule has 218 valence electrons. The van der Waals surface area contributed by atoms with Gasteiger partial charge in [-0.2, -0.15) is 5.10 Å². The third-order valence-corrected chi connectivity index (χ3v) is 6.81. The highest BCUT2D eigenvalue weighted by Crippen LogP contribution is 2.29. The number of benzene rings is 3. The topological polar surface area (TPSA) is 190 Å². The van der Waals surface area contributed by atoms with Gasteiger partial charge in [-0.25, -0.2) is 8.42 Å². The average Bonchev–Trinajstić information content (AvgIpc) is 3.43. The molecular formula is C26H23ClN6O8S. The smallest absolute Gasteiger partial charge is 0.270 e. The van der Waals surface area contributed by atoms with Crippen LogP contribution in [0.3, 0.4) is 0 Å². The lowest BCUT2D eigenvalue weighted by atomic mass is 10.1. The molecule has 1 heterocycles. The highest BCUT2D eigenvalue weighted by atomic mass is 35.5. The summed E-state index contributed by atoms with van der Waals surface area (Å²) < 4.78 is 34.0. The zero-order chi connectivity index (χ0) is 30.9. The number of hydrogen-bond acceptors (Lipinski definition) is 10. The van der Waals surface area contributed by atoms with E-state index >= 15 is 0 Å². The van der Waals surface area contributed by atoms with Gasteiger partial charge in [0, 0.05) is 54.6 Å². The summed E-state index contributed by atoms with van der Waals surface area (Å²) in [4.78, 5) is 31.3. The van der Waals surface area contributed by atoms with Crippen molar-refractivity contribution in [1.29, 1.82) is 0 Å². The van der Waals surface area contributed by atoms with Crippen LogP contribution in [0.15, 0.2) is 93.3 Å². The van der Waals surface area contributed by atoms with E-state index in [2.05, 4.69) is 15.2 Å². The van der Waals surface area contributed by atoms with Crippen LogP contribution in [-0.2, 0) is 14.8 Å². The summed E-state index contributed by atoms with van der Waals surface area (Å²) in [5, 5.41) is 26.4. The number of halogens is 1. The SMILES string of the molecule is CN(C)C=O.O=[N+]([O-])c1ccc(-c2ccc(C=NNc3ccc([N+](=O)[O-])cc3S(=O)(=O)Nc3ccc(Cl)cc3)o2)cc1. The minimum atomic E-state index is -4.25. The van der Waals surface area contributed by atoms with Gasteiger partial charge >= 0.3 is 0 Å². The molecule has 0 fully saturated rings. The Morgan fingerprint density at radius 1 is 0.905 bits per heavy atom. The van der Waals surface area contributed by atoms with Crippen LogP contribution in [0.2, 0.25) is 5.02 Å². The van der Waals surface area contributed by atoms with E-state index in [1.54, 1.807) is 26.2 Å². The lowest BCUT2D eigenvalue weighted by Gasteiger charge is -2.12. The predicted molar refractivity (Wildman–Crippen MR) is 157 cm³/mol. The number of rotatable bonds is 10. The largest absolute Gasteiger partial charge is 0.455 e. The molecule has 0 saturated carbocycles. The lowest BCUT2D eigenvalue weighted by Crippen LogP contribution is -2.15. The first kappa shape index (κ1) is 31.3. The number of carbonyl (C=O) groups excluding carboxylic acids is 1. The Kier molecular flexibility index (Phi) is 10.3. The minimum absolute atomic E-state index is 0.0227. The Morgan fingerprint density at radius 3 is 2.07 bits per heavy atom. The summed E-state index contributed by atoms with van der Waals surface area (Å²) in [5.74, 6) is 0.730. The van der Waals surface area contributed by atoms with E-state index in [-0.39, 0.29) is 17.1 Å². The summed E-state index contributed by atoms with van der Waals surface area (Å²) in [6, 6.07) is 18.2. The van der Waals surface area contributed by atoms with E-state index in [1.807, 2.05) is 0 Å². The summed E-state index contributed by atoms with van der Waals surface area (Å²) in [6.45, 7) is 0. The van der Waals surface area contributed by atoms with Gasteiger partial charge in [0.15, 0.2) is 0 Å². The second-order valence-electron chi connectivity index (χ2n) is 8.49. The number of nitrogens with one attached hydrogen (secondary N) is 2. The molecule has 0 bridgehead atoms. The van der Waals surface area contributed by atoms with Gasteiger partial charge in [0.2, 0.25) is 6.41 Å². The molecule has 0 atom stereocenters. The number of anilines is 2. The van der Waals surface area contributed by atoms with Crippen LogP contribution < -0.4 is 10.1 Å². The zero-order valence-electron chi connectivity index (χ0n) is 22.0. The van der Waals surface area contributed by atoms with Crippen LogP contribution in [-0.4, -0.2) is 49.9 Å². The molecule has 0 spiro atoms. The molecule has 14 nitrogen and oxygen atoms in total. The number of amides is 1. The molecule has 4 rings (SSSR count). The molecule has 0 aliphatic carbocycles. The molecule has 0 saturated heterocycles. The van der Waals surface area contributed by atoms with Gasteiger partial charge in [-0.3, -0.25) is 35.2 Å². The van der Waals surface area contributed by atoms with Gasteiger partial charge in [-0.1, -0.05) is 11.6 Å². The maximum atomic E-state index is 13.0. The number of sulfonamides is 1. The maximum Gasteiger partial charge on any atom is 0.270 e. The predicted octanol–water partition coefficient (Wildman–Crippen LogP) is 5.37. The standard InChI is InChI=1S/C23H16ClN5O7S.C3H7NO/c24-16-3-5-17(6-4-16)27-37(34,35)23-13-19(29(32)33)9-11-21(23)26-25-14-20-10-12-22(36-20)15-1-7-18(8-2-15)28(30)31;1-4(2)3-5/h1-14,26-27H;3H,1-2H3. The number of carbonyl (C=O) groups is 1. The fourth-order valence-electron chi connectivity index (χ4n) is 3.16. The van der Waals surface area contributed by atoms with Crippen molar-refractivity contribution < 1.29 is 27.5 Å². The minimum Gasteiger partial charge on any atom is -0.455 e. The van der Waals surface area contributed by atoms with Gasteiger partial charge < -0.3 is 9.32 Å². The highest BCUT2D eigenvalue weighted by molar-refractivity contribution is 7.92. The quantitative estimate of drug-likeness (QED) is 0.102. The number of non-ortho nitro benzene ring substituents is 2. The molecule has 2 N–H and O–H groups in total. The monoisotopic (exact) mass is 614 g/mol. The van der Waals surface area contributed by atoms with E-state index < -0.39 is 30.5 Å². The van der Waals surface area contributed by atoms with Crippen LogP contribution in [0.25, 0.3) is 11.3 Å². The molecular weight excluding hydrogens is 592 g/mol. The molecule has 1 amide bonds. The Balaban J connectivity index is 0.000000892. The second-order valence-corrected chi connectivity index (χ2v) is 10.6. The first-order valence-electron chi connectivity index (χ1n) is 11.7. The van der Waals surface area contributed by atoms with Gasteiger partial charge in [0.05, 0.1) is 21.7 Å². The number of hydrazone groups is 1. The third kappa shape index (κ3) is 8.61. The number of hydrogen-bond donors (Lipinski definition) is 2. The highest BCUT2D eigenvalue weighted by Gasteiger charge is 2.23. The average molecular weight is 615 g/mol. The second kappa shape index (κ2) is 13.9. The summed E-state index contributed by atoms with van der Waals surface area (Å²) in [7, 11) is -0.880. The Hall–Kier alpha value is -5.28. The summed E-state index contributed by atoms with van der Waals surface area (Å²) in [6.07, 6.45) is 2.03. The molecule has 0 unspecified atom stereocenters. The Morgan fingerprint density at radius 2 is 1.50 bits per heavy atom. The molecule has 4 aromatic rings. The third-order valence-electron chi connectivity index (χ3n) is 5.14. The Labute approximate surface area is 244 Å². The van der Waals surface area contributed by atoms with Gasteiger partial charge in [-0.05, 0) is 54.6 Å². The van der Waals surface area contributed by atoms with Crippen molar-refractivity contribution in [3.63, 3.8) is 0 Å². The van der Waals surface area contributed by atoms with Crippen LogP contribution >= 0.6 is 11.6 Å². The van der Waals surface area contributed by atoms with Crippen molar-refractivity contribution in [2.24, 2.45) is 5.10 Å². The normalized spacial score (nSPS) is 10.8. The van der Waals surface area contributed by atoms with Crippen molar-refractivity contribution in [1.82, 2.24) is 4.90 Å². The van der Waals surface area contributed by atoms with Crippen LogP contribution in [0.4, 0.5) is 22.7 Å². The zero-order valence-corrected chi connectivity index (χ0v) is 23.6. The van der Waals surface area contributed by atoms with Crippen LogP contribution in [0, 0.1) is 20.2 Å². The number of nitro groups is 2. The van der Waals surface area contributed by atoms with Gasteiger partial charge in [-0.15, -0.1) is 0 Å². The molecule has 42 heavy (non-hydrogen) atoms. The van der Waals surface area contributed by atoms with Gasteiger partial charge in [0.1, 0.15) is 16.4 Å². The molecule has 16 heteroatoms. The number of nitrogens with zero attached hydrogens (tertiary/aromatic N) is 4.